The van der Waals surface area contributed by atoms with E-state index in [4.69, 9.17) is 0 Å². The second-order valence-corrected chi connectivity index (χ2v) is 6.63. The molecule has 10 heteroatoms. The fourth-order valence-electron chi connectivity index (χ4n) is 2.49. The van der Waals surface area contributed by atoms with Crippen LogP contribution in [0, 0.1) is 0 Å². The van der Waals surface area contributed by atoms with Gasteiger partial charge in [0.2, 0.25) is 11.8 Å². The van der Waals surface area contributed by atoms with Crippen molar-refractivity contribution in [3.05, 3.63) is 47.5 Å². The summed E-state index contributed by atoms with van der Waals surface area (Å²) in [6, 6.07) is 8.04. The number of amides is 2. The van der Waals surface area contributed by atoms with Gasteiger partial charge in [-0.25, -0.2) is 10.9 Å². The first-order chi connectivity index (χ1) is 14.8. The molecule has 0 saturated heterocycles. The Morgan fingerprint density at radius 1 is 0.710 bits per heavy atom. The zero-order valence-corrected chi connectivity index (χ0v) is 16.7. The van der Waals surface area contributed by atoms with Crippen molar-refractivity contribution in [3.8, 4) is 23.0 Å². The molecule has 0 radical (unpaired) electrons. The summed E-state index contributed by atoms with van der Waals surface area (Å²) in [4.78, 5) is 23.5. The Morgan fingerprint density at radius 2 is 1.13 bits per heavy atom. The number of carbonyl (C=O) groups excluding carboxylic acids is 2. The number of phenolic OH excluding ortho intramolecular Hbond substituents is 4. The number of hydrogen-bond acceptors (Lipinski definition) is 8. The Hall–Kier alpha value is -4.08. The third-order valence-corrected chi connectivity index (χ3v) is 4.12. The minimum absolute atomic E-state index is 0.0733. The van der Waals surface area contributed by atoms with E-state index < -0.39 is 0 Å². The van der Waals surface area contributed by atoms with Gasteiger partial charge in [-0.15, -0.1) is 0 Å². The van der Waals surface area contributed by atoms with Crippen molar-refractivity contribution < 1.29 is 30.0 Å². The van der Waals surface area contributed by atoms with Crippen molar-refractivity contribution in [2.45, 2.75) is 32.1 Å². The number of nitrogens with zero attached hydrogens (tertiary/aromatic N) is 2. The molecule has 0 saturated carbocycles. The Bertz CT molecular complexity index is 897. The molecule has 2 amide bonds. The molecule has 0 atom stereocenters. The third-order valence-electron chi connectivity index (χ3n) is 4.12. The Morgan fingerprint density at radius 3 is 1.52 bits per heavy atom. The number of phenols is 4. The van der Waals surface area contributed by atoms with E-state index in [9.17, 15) is 30.0 Å². The van der Waals surface area contributed by atoms with Crippen LogP contribution in [0.2, 0.25) is 0 Å². The van der Waals surface area contributed by atoms with E-state index in [2.05, 4.69) is 21.1 Å². The molecule has 0 aliphatic heterocycles. The van der Waals surface area contributed by atoms with Gasteiger partial charge < -0.3 is 20.4 Å². The smallest absolute Gasteiger partial charge is 0.240 e. The van der Waals surface area contributed by atoms with Gasteiger partial charge >= 0.3 is 0 Å². The van der Waals surface area contributed by atoms with E-state index in [0.29, 0.717) is 30.4 Å². The molecule has 0 spiro atoms. The maximum Gasteiger partial charge on any atom is 0.240 e. The minimum Gasteiger partial charge on any atom is -0.508 e. The molecule has 0 bridgehead atoms. The van der Waals surface area contributed by atoms with Crippen LogP contribution in [0.25, 0.3) is 0 Å². The standard InChI is InChI=1S/C21H24N4O6/c26-16-8-6-14(18(28)10-16)12-22-24-20(30)4-2-1-3-5-21(31)25-23-13-15-7-9-17(27)11-19(15)29/h6-13,26-29H,1-5H2,(H,24,30)(H,25,31)/b22-12-,23-13-. The predicted octanol–water partition coefficient (Wildman–Crippen LogP) is 2.06. The number of unbranched alkanes of at least 4 members (excludes halogenated alkanes) is 2. The molecular weight excluding hydrogens is 404 g/mol. The number of benzene rings is 2. The van der Waals surface area contributed by atoms with Crippen LogP contribution in [0.15, 0.2) is 46.6 Å². The average Bonchev–Trinajstić information content (AvgIpc) is 2.71. The molecule has 0 aliphatic carbocycles. The first kappa shape index (κ1) is 23.2. The van der Waals surface area contributed by atoms with Crippen molar-refractivity contribution in [2.75, 3.05) is 0 Å². The first-order valence-corrected chi connectivity index (χ1v) is 9.53. The number of hydrogen-bond donors (Lipinski definition) is 6. The molecule has 2 aromatic carbocycles. The van der Waals surface area contributed by atoms with Gasteiger partial charge in [-0.1, -0.05) is 6.42 Å². The summed E-state index contributed by atoms with van der Waals surface area (Å²) in [5.74, 6) is -1.04. The molecule has 6 N–H and O–H groups in total. The fourth-order valence-corrected chi connectivity index (χ4v) is 2.49. The summed E-state index contributed by atoms with van der Waals surface area (Å²) < 4.78 is 0. The quantitative estimate of drug-likeness (QED) is 0.193. The second kappa shape index (κ2) is 11.8. The monoisotopic (exact) mass is 428 g/mol. The number of aromatic hydroxyl groups is 4. The molecule has 2 rings (SSSR count). The van der Waals surface area contributed by atoms with Crippen LogP contribution in [0.3, 0.4) is 0 Å². The normalized spacial score (nSPS) is 11.1. The van der Waals surface area contributed by atoms with Gasteiger partial charge in [0.25, 0.3) is 0 Å². The number of carbonyl (C=O) groups is 2. The third kappa shape index (κ3) is 8.44. The summed E-state index contributed by atoms with van der Waals surface area (Å²) in [5, 5.41) is 45.1. The van der Waals surface area contributed by atoms with E-state index in [-0.39, 0.29) is 47.7 Å². The highest BCUT2D eigenvalue weighted by Gasteiger charge is 2.04. The van der Waals surface area contributed by atoms with Crippen LogP contribution in [-0.4, -0.2) is 44.7 Å². The molecule has 0 fully saturated rings. The summed E-state index contributed by atoms with van der Waals surface area (Å²) in [5.41, 5.74) is 5.40. The van der Waals surface area contributed by atoms with Crippen LogP contribution in [0.4, 0.5) is 0 Å². The topological polar surface area (TPSA) is 164 Å². The van der Waals surface area contributed by atoms with Crippen LogP contribution >= 0.6 is 0 Å². The van der Waals surface area contributed by atoms with Gasteiger partial charge in [-0.3, -0.25) is 9.59 Å². The lowest BCUT2D eigenvalue weighted by atomic mass is 10.1. The Labute approximate surface area is 178 Å². The van der Waals surface area contributed by atoms with Gasteiger partial charge in [-0.05, 0) is 37.1 Å². The summed E-state index contributed by atoms with van der Waals surface area (Å²) >= 11 is 0. The zero-order chi connectivity index (χ0) is 22.6. The summed E-state index contributed by atoms with van der Waals surface area (Å²) in [6.45, 7) is 0. The molecule has 0 unspecified atom stereocenters. The molecule has 31 heavy (non-hydrogen) atoms. The van der Waals surface area contributed by atoms with Gasteiger partial charge in [-0.2, -0.15) is 10.2 Å². The minimum atomic E-state index is -0.294. The number of rotatable bonds is 10. The van der Waals surface area contributed by atoms with E-state index >= 15 is 0 Å². The lowest BCUT2D eigenvalue weighted by Crippen LogP contribution is -2.18. The molecule has 164 valence electrons. The van der Waals surface area contributed by atoms with Crippen molar-refractivity contribution in [2.24, 2.45) is 10.2 Å². The van der Waals surface area contributed by atoms with Gasteiger partial charge in [0.1, 0.15) is 23.0 Å². The Kier molecular flexibility index (Phi) is 8.84. The van der Waals surface area contributed by atoms with Crippen molar-refractivity contribution in [1.29, 1.82) is 0 Å². The molecule has 0 heterocycles. The van der Waals surface area contributed by atoms with Crippen LogP contribution in [-0.2, 0) is 9.59 Å². The highest BCUT2D eigenvalue weighted by atomic mass is 16.3. The lowest BCUT2D eigenvalue weighted by Gasteiger charge is -2.02. The molecule has 2 aromatic rings. The van der Waals surface area contributed by atoms with E-state index in [1.807, 2.05) is 0 Å². The van der Waals surface area contributed by atoms with Crippen LogP contribution < -0.4 is 10.9 Å². The summed E-state index contributed by atoms with van der Waals surface area (Å²) in [6.07, 6.45) is 4.82. The molecular formula is C21H24N4O6. The van der Waals surface area contributed by atoms with Gasteiger partial charge in [0, 0.05) is 36.1 Å². The average molecular weight is 428 g/mol. The zero-order valence-electron chi connectivity index (χ0n) is 16.7. The van der Waals surface area contributed by atoms with E-state index in [1.165, 1.54) is 48.8 Å². The van der Waals surface area contributed by atoms with Gasteiger partial charge in [0.05, 0.1) is 12.4 Å². The molecule has 0 aliphatic rings. The largest absolute Gasteiger partial charge is 0.508 e. The van der Waals surface area contributed by atoms with E-state index in [0.717, 1.165) is 0 Å². The first-order valence-electron chi connectivity index (χ1n) is 9.53. The van der Waals surface area contributed by atoms with Crippen molar-refractivity contribution in [3.63, 3.8) is 0 Å². The number of hydrazone groups is 2. The Balaban J connectivity index is 1.58. The lowest BCUT2D eigenvalue weighted by molar-refractivity contribution is -0.121. The molecule has 10 nitrogen and oxygen atoms in total. The number of nitrogens with one attached hydrogen (secondary N) is 2. The SMILES string of the molecule is O=C(CCCCCC(=O)N/N=C\c1ccc(O)cc1O)N/N=C\c1ccc(O)cc1O. The van der Waals surface area contributed by atoms with Crippen LogP contribution in [0.5, 0.6) is 23.0 Å². The fraction of sp³-hybridized carbons (Fsp3) is 0.238. The van der Waals surface area contributed by atoms with E-state index in [1.54, 1.807) is 0 Å². The predicted molar refractivity (Wildman–Crippen MR) is 114 cm³/mol. The van der Waals surface area contributed by atoms with Gasteiger partial charge in [0.15, 0.2) is 0 Å². The van der Waals surface area contributed by atoms with Crippen LogP contribution in [0.1, 0.15) is 43.2 Å². The van der Waals surface area contributed by atoms with Crippen molar-refractivity contribution >= 4 is 24.2 Å². The summed E-state index contributed by atoms with van der Waals surface area (Å²) in [7, 11) is 0. The molecule has 0 aromatic heterocycles. The van der Waals surface area contributed by atoms with Crippen molar-refractivity contribution in [1.82, 2.24) is 10.9 Å². The second-order valence-electron chi connectivity index (χ2n) is 6.63. The highest BCUT2D eigenvalue weighted by Crippen LogP contribution is 2.21. The maximum absolute atomic E-state index is 11.7. The highest BCUT2D eigenvalue weighted by molar-refractivity contribution is 5.86. The maximum atomic E-state index is 11.7.